The molecule has 0 radical (unpaired) electrons. The average molecular weight is 474 g/mol. The van der Waals surface area contributed by atoms with Gasteiger partial charge in [-0.1, -0.05) is 29.8 Å². The molecular formula is C24H16ClF4N3O. The van der Waals surface area contributed by atoms with Gasteiger partial charge in [-0.2, -0.15) is 13.2 Å². The zero-order chi connectivity index (χ0) is 23.8. The molecule has 0 atom stereocenters. The summed E-state index contributed by atoms with van der Waals surface area (Å²) in [5.74, 6) is -1.71. The van der Waals surface area contributed by atoms with Crippen LogP contribution >= 0.6 is 11.6 Å². The van der Waals surface area contributed by atoms with Crippen LogP contribution in [-0.2, 0) is 6.18 Å². The number of carbonyl (C=O) groups excluding carboxylic acids is 1. The lowest BCUT2D eigenvalue weighted by Gasteiger charge is -2.12. The zero-order valence-corrected chi connectivity index (χ0v) is 17.9. The largest absolute Gasteiger partial charge is 0.416 e. The molecule has 9 heteroatoms. The molecule has 0 saturated heterocycles. The third-order valence-electron chi connectivity index (χ3n) is 5.07. The summed E-state index contributed by atoms with van der Waals surface area (Å²) in [6.07, 6.45) is 2.18. The minimum atomic E-state index is -4.66. The van der Waals surface area contributed by atoms with Gasteiger partial charge < -0.3 is 10.3 Å². The highest BCUT2D eigenvalue weighted by molar-refractivity contribution is 6.36. The summed E-state index contributed by atoms with van der Waals surface area (Å²) in [6.45, 7) is 1.84. The van der Waals surface area contributed by atoms with Gasteiger partial charge in [0.05, 0.1) is 16.3 Å². The van der Waals surface area contributed by atoms with Gasteiger partial charge in [-0.25, -0.2) is 9.37 Å². The molecule has 4 rings (SSSR count). The third kappa shape index (κ3) is 4.75. The maximum Gasteiger partial charge on any atom is 0.416 e. The Labute approximate surface area is 190 Å². The minimum Gasteiger partial charge on any atom is -0.346 e. The topological polar surface area (TPSA) is 57.8 Å². The number of pyridine rings is 1. The molecule has 4 aromatic rings. The molecule has 0 aliphatic carbocycles. The van der Waals surface area contributed by atoms with Gasteiger partial charge in [-0.15, -0.1) is 0 Å². The van der Waals surface area contributed by atoms with Gasteiger partial charge in [0.1, 0.15) is 11.5 Å². The first kappa shape index (κ1) is 22.5. The number of hydrogen-bond donors (Lipinski definition) is 2. The van der Waals surface area contributed by atoms with E-state index in [2.05, 4.69) is 15.3 Å². The van der Waals surface area contributed by atoms with E-state index in [9.17, 15) is 22.4 Å². The summed E-state index contributed by atoms with van der Waals surface area (Å²) in [7, 11) is 0. The van der Waals surface area contributed by atoms with Gasteiger partial charge >= 0.3 is 6.18 Å². The highest BCUT2D eigenvalue weighted by atomic mass is 35.5. The van der Waals surface area contributed by atoms with E-state index in [1.54, 1.807) is 36.7 Å². The van der Waals surface area contributed by atoms with E-state index in [4.69, 9.17) is 11.6 Å². The molecular weight excluding hydrogens is 458 g/mol. The predicted molar refractivity (Wildman–Crippen MR) is 121 cm³/mol. The third-order valence-corrected chi connectivity index (χ3v) is 5.50. The van der Waals surface area contributed by atoms with Crippen LogP contribution < -0.4 is 5.32 Å². The second kappa shape index (κ2) is 8.71. The number of benzene rings is 2. The SMILES string of the molecule is Cc1ccc(C(=O)Nc2cc(C(F)(F)F)ccc2F)cc1/C=C/c1cnc2[nH]ccc2c1Cl. The molecule has 0 saturated carbocycles. The molecule has 0 aliphatic heterocycles. The summed E-state index contributed by atoms with van der Waals surface area (Å²) in [5.41, 5.74) is 1.40. The highest BCUT2D eigenvalue weighted by Gasteiger charge is 2.31. The highest BCUT2D eigenvalue weighted by Crippen LogP contribution is 2.32. The minimum absolute atomic E-state index is 0.155. The van der Waals surface area contributed by atoms with E-state index in [-0.39, 0.29) is 5.56 Å². The van der Waals surface area contributed by atoms with E-state index in [1.165, 1.54) is 6.07 Å². The fraction of sp³-hybridized carbons (Fsp3) is 0.0833. The Morgan fingerprint density at radius 1 is 1.09 bits per heavy atom. The molecule has 2 aromatic heterocycles. The van der Waals surface area contributed by atoms with Gasteiger partial charge in [-0.05, 0) is 54.4 Å². The van der Waals surface area contributed by atoms with Crippen LogP contribution in [0, 0.1) is 12.7 Å². The van der Waals surface area contributed by atoms with Crippen molar-refractivity contribution in [3.05, 3.63) is 93.5 Å². The fourth-order valence-corrected chi connectivity index (χ4v) is 3.50. The molecule has 4 nitrogen and oxygen atoms in total. The number of carbonyl (C=O) groups is 1. The number of aromatic nitrogens is 2. The first-order valence-electron chi connectivity index (χ1n) is 9.72. The lowest BCUT2D eigenvalue weighted by atomic mass is 10.0. The van der Waals surface area contributed by atoms with Crippen molar-refractivity contribution in [2.75, 3.05) is 5.32 Å². The first-order valence-corrected chi connectivity index (χ1v) is 10.1. The van der Waals surface area contributed by atoms with Gasteiger partial charge in [0.25, 0.3) is 5.91 Å². The quantitative estimate of drug-likeness (QED) is 0.310. The van der Waals surface area contributed by atoms with Crippen LogP contribution in [0.5, 0.6) is 0 Å². The number of rotatable bonds is 4. The van der Waals surface area contributed by atoms with Crippen molar-refractivity contribution in [3.8, 4) is 0 Å². The zero-order valence-electron chi connectivity index (χ0n) is 17.1. The Bertz CT molecular complexity index is 1390. The number of amides is 1. The number of nitrogens with one attached hydrogen (secondary N) is 2. The van der Waals surface area contributed by atoms with Crippen molar-refractivity contribution in [1.29, 1.82) is 0 Å². The van der Waals surface area contributed by atoms with E-state index < -0.39 is 29.2 Å². The summed E-state index contributed by atoms with van der Waals surface area (Å²) < 4.78 is 52.8. The number of anilines is 1. The Balaban J connectivity index is 1.60. The summed E-state index contributed by atoms with van der Waals surface area (Å²) in [5, 5.41) is 3.50. The number of fused-ring (bicyclic) bond motifs is 1. The standard InChI is InChI=1S/C24H16ClF4N3O/c1-13-2-3-15(23(33)32-20-11-17(24(27,28)29)6-7-19(20)26)10-14(13)4-5-16-12-31-22-18(21(16)25)8-9-30-22/h2-12H,1H3,(H,30,31)(H,32,33)/b5-4+. The number of aryl methyl sites for hydroxylation is 1. The Morgan fingerprint density at radius 2 is 1.85 bits per heavy atom. The number of alkyl halides is 3. The smallest absolute Gasteiger partial charge is 0.346 e. The molecule has 33 heavy (non-hydrogen) atoms. The average Bonchev–Trinajstić information content (AvgIpc) is 3.24. The lowest BCUT2D eigenvalue weighted by molar-refractivity contribution is -0.137. The molecule has 0 fully saturated rings. The second-order valence-corrected chi connectivity index (χ2v) is 7.70. The van der Waals surface area contributed by atoms with Crippen LogP contribution in [0.3, 0.4) is 0 Å². The van der Waals surface area contributed by atoms with Crippen LogP contribution in [0.25, 0.3) is 23.2 Å². The van der Waals surface area contributed by atoms with E-state index >= 15 is 0 Å². The van der Waals surface area contributed by atoms with Crippen LogP contribution in [0.4, 0.5) is 23.2 Å². The summed E-state index contributed by atoms with van der Waals surface area (Å²) in [4.78, 5) is 19.9. The molecule has 1 amide bonds. The van der Waals surface area contributed by atoms with Crippen LogP contribution in [0.2, 0.25) is 5.02 Å². The van der Waals surface area contributed by atoms with Crippen molar-refractivity contribution in [2.45, 2.75) is 13.1 Å². The maximum atomic E-state index is 14.0. The van der Waals surface area contributed by atoms with Crippen molar-refractivity contribution < 1.29 is 22.4 Å². The summed E-state index contributed by atoms with van der Waals surface area (Å²) in [6, 6.07) is 8.41. The number of hydrogen-bond acceptors (Lipinski definition) is 2. The van der Waals surface area contributed by atoms with E-state index in [0.29, 0.717) is 40.0 Å². The predicted octanol–water partition coefficient (Wildman–Crippen LogP) is 7.11. The van der Waals surface area contributed by atoms with Crippen molar-refractivity contribution in [3.63, 3.8) is 0 Å². The fourth-order valence-electron chi connectivity index (χ4n) is 3.24. The Kier molecular flexibility index (Phi) is 5.95. The van der Waals surface area contributed by atoms with Gasteiger partial charge in [-0.3, -0.25) is 4.79 Å². The molecule has 0 aliphatic rings. The van der Waals surface area contributed by atoms with Crippen molar-refractivity contribution in [1.82, 2.24) is 9.97 Å². The van der Waals surface area contributed by atoms with E-state index in [0.717, 1.165) is 10.9 Å². The van der Waals surface area contributed by atoms with E-state index in [1.807, 2.05) is 13.0 Å². The number of halogens is 5. The molecule has 168 valence electrons. The monoisotopic (exact) mass is 473 g/mol. The maximum absolute atomic E-state index is 14.0. The Morgan fingerprint density at radius 3 is 2.61 bits per heavy atom. The lowest BCUT2D eigenvalue weighted by Crippen LogP contribution is -2.14. The molecule has 2 aromatic carbocycles. The number of aromatic amines is 1. The van der Waals surface area contributed by atoms with Crippen LogP contribution in [0.15, 0.2) is 54.9 Å². The van der Waals surface area contributed by atoms with Crippen molar-refractivity contribution in [2.24, 2.45) is 0 Å². The van der Waals surface area contributed by atoms with Gasteiger partial charge in [0.15, 0.2) is 0 Å². The second-order valence-electron chi connectivity index (χ2n) is 7.32. The normalized spacial score (nSPS) is 11.9. The Hall–Kier alpha value is -3.65. The van der Waals surface area contributed by atoms with Gasteiger partial charge in [0.2, 0.25) is 0 Å². The first-order chi connectivity index (χ1) is 15.6. The number of H-pyrrole nitrogens is 1. The number of nitrogens with zero attached hydrogens (tertiary/aromatic N) is 1. The summed E-state index contributed by atoms with van der Waals surface area (Å²) >= 11 is 6.43. The molecule has 0 spiro atoms. The molecule has 0 unspecified atom stereocenters. The van der Waals surface area contributed by atoms with Crippen molar-refractivity contribution >= 4 is 46.4 Å². The van der Waals surface area contributed by atoms with Crippen LogP contribution in [0.1, 0.15) is 32.6 Å². The van der Waals surface area contributed by atoms with Crippen LogP contribution in [-0.4, -0.2) is 15.9 Å². The molecule has 0 bridgehead atoms. The molecule has 2 heterocycles. The molecule has 2 N–H and O–H groups in total. The van der Waals surface area contributed by atoms with Gasteiger partial charge in [0, 0.05) is 28.9 Å².